The van der Waals surface area contributed by atoms with Gasteiger partial charge in [0.25, 0.3) is 5.91 Å². The Morgan fingerprint density at radius 1 is 0.837 bits per heavy atom. The Balaban J connectivity index is 1.44. The molecule has 0 aliphatic heterocycles. The Morgan fingerprint density at radius 3 is 2.14 bits per heavy atom. The summed E-state index contributed by atoms with van der Waals surface area (Å²) in [5.74, 6) is 0.180. The van der Waals surface area contributed by atoms with Gasteiger partial charge in [0.15, 0.2) is 0 Å². The fourth-order valence-electron chi connectivity index (χ4n) is 5.01. The summed E-state index contributed by atoms with van der Waals surface area (Å²) in [6, 6.07) is 12.3. The molecule has 0 fully saturated rings. The van der Waals surface area contributed by atoms with Gasteiger partial charge in [0, 0.05) is 21.7 Å². The maximum Gasteiger partial charge on any atom is 0.310 e. The number of aromatic nitrogens is 1. The van der Waals surface area contributed by atoms with E-state index in [1.165, 1.54) is 25.7 Å². The molecule has 230 valence electrons. The van der Waals surface area contributed by atoms with Crippen molar-refractivity contribution in [2.24, 2.45) is 0 Å². The Morgan fingerprint density at radius 2 is 1.49 bits per heavy atom. The van der Waals surface area contributed by atoms with Crippen molar-refractivity contribution < 1.29 is 19.1 Å². The minimum Gasteiger partial charge on any atom is -0.497 e. The number of ether oxygens (including phenoxy) is 2. The Labute approximate surface area is 262 Å². The highest BCUT2D eigenvalue weighted by molar-refractivity contribution is 6.30. The normalized spacial score (nSPS) is 11.8. The average Bonchev–Trinajstić information content (AvgIpc) is 3.28. The maximum atomic E-state index is 13.5. The molecule has 43 heavy (non-hydrogen) atoms. The topological polar surface area (TPSA) is 57.5 Å². The number of carbonyl (C=O) groups is 2. The second-order valence-electron chi connectivity index (χ2n) is 10.7. The molecule has 0 saturated heterocycles. The predicted molar refractivity (Wildman–Crippen MR) is 178 cm³/mol. The fourth-order valence-corrected chi connectivity index (χ4v) is 5.13. The van der Waals surface area contributed by atoms with Crippen LogP contribution in [0.2, 0.25) is 5.02 Å². The summed E-state index contributed by atoms with van der Waals surface area (Å²) in [6.07, 6.45) is 24.5. The molecular weight excluding hydrogens is 558 g/mol. The Kier molecular flexibility index (Phi) is 14.9. The quantitative estimate of drug-likeness (QED) is 0.0824. The lowest BCUT2D eigenvalue weighted by atomic mass is 10.1. The van der Waals surface area contributed by atoms with Crippen molar-refractivity contribution in [1.29, 1.82) is 0 Å². The summed E-state index contributed by atoms with van der Waals surface area (Å²) in [4.78, 5) is 26.3. The molecule has 0 saturated carbocycles. The van der Waals surface area contributed by atoms with E-state index in [9.17, 15) is 9.59 Å². The van der Waals surface area contributed by atoms with Gasteiger partial charge in [0.1, 0.15) is 5.75 Å². The summed E-state index contributed by atoms with van der Waals surface area (Å²) in [5.41, 5.74) is 2.71. The second-order valence-corrected chi connectivity index (χ2v) is 11.2. The van der Waals surface area contributed by atoms with Crippen molar-refractivity contribution in [2.75, 3.05) is 13.7 Å². The van der Waals surface area contributed by atoms with Crippen LogP contribution in [-0.2, 0) is 16.0 Å². The third kappa shape index (κ3) is 10.9. The number of rotatable bonds is 18. The summed E-state index contributed by atoms with van der Waals surface area (Å²) in [7, 11) is 1.60. The van der Waals surface area contributed by atoms with Gasteiger partial charge in [-0.2, -0.15) is 0 Å². The Bertz CT molecular complexity index is 1400. The van der Waals surface area contributed by atoms with Crippen molar-refractivity contribution >= 4 is 34.4 Å². The van der Waals surface area contributed by atoms with Crippen LogP contribution < -0.4 is 4.74 Å². The van der Waals surface area contributed by atoms with Crippen LogP contribution in [0.4, 0.5) is 0 Å². The van der Waals surface area contributed by atoms with E-state index >= 15 is 0 Å². The van der Waals surface area contributed by atoms with Crippen LogP contribution in [-0.4, -0.2) is 30.2 Å². The number of carbonyl (C=O) groups excluding carboxylic acids is 2. The first kappa shape index (κ1) is 33.9. The van der Waals surface area contributed by atoms with Gasteiger partial charge in [-0.3, -0.25) is 14.2 Å². The zero-order chi connectivity index (χ0) is 30.9. The SMILES string of the molecule is CCCCC/C=C\C/C=C\C/C=C\CCCCCOC(=O)Cc1c(C)n(C(=O)c2ccc(Cl)cc2)c2ccc(OC)cc12. The minimum absolute atomic E-state index is 0.0846. The van der Waals surface area contributed by atoms with Gasteiger partial charge in [0.2, 0.25) is 0 Å². The number of hydrogen-bond donors (Lipinski definition) is 0. The van der Waals surface area contributed by atoms with E-state index in [0.717, 1.165) is 55.0 Å². The highest BCUT2D eigenvalue weighted by Gasteiger charge is 2.22. The highest BCUT2D eigenvalue weighted by Crippen LogP contribution is 2.31. The lowest BCUT2D eigenvalue weighted by Crippen LogP contribution is -2.14. The van der Waals surface area contributed by atoms with E-state index in [-0.39, 0.29) is 18.3 Å². The standard InChI is InChI=1S/C37H46ClNO4/c1-4-5-6-7-8-9-10-11-12-13-14-15-16-17-18-19-26-43-36(40)28-33-29(2)39(35-25-24-32(42-3)27-34(33)35)37(41)30-20-22-31(38)23-21-30/h8-9,11-12,14-15,20-25,27H,4-7,10,13,16-19,26,28H2,1-3H3/b9-8-,12-11-,15-14-. The minimum atomic E-state index is -0.300. The molecule has 0 atom stereocenters. The number of esters is 1. The molecule has 2 aromatic carbocycles. The van der Waals surface area contributed by atoms with Crippen molar-refractivity contribution in [3.63, 3.8) is 0 Å². The molecule has 3 rings (SSSR count). The number of unbranched alkanes of at least 4 members (excludes halogenated alkanes) is 6. The van der Waals surface area contributed by atoms with E-state index in [0.29, 0.717) is 28.6 Å². The maximum absolute atomic E-state index is 13.5. The molecule has 3 aromatic rings. The van der Waals surface area contributed by atoms with E-state index < -0.39 is 0 Å². The average molecular weight is 604 g/mol. The molecule has 1 heterocycles. The molecule has 6 heteroatoms. The first-order valence-electron chi connectivity index (χ1n) is 15.5. The number of methoxy groups -OCH3 is 1. The molecule has 0 spiro atoms. The van der Waals surface area contributed by atoms with Crippen molar-refractivity contribution in [1.82, 2.24) is 4.57 Å². The van der Waals surface area contributed by atoms with E-state index in [1.54, 1.807) is 35.9 Å². The Hall–Kier alpha value is -3.57. The summed E-state index contributed by atoms with van der Waals surface area (Å²) >= 11 is 6.02. The number of nitrogens with zero attached hydrogens (tertiary/aromatic N) is 1. The molecular formula is C37H46ClNO4. The molecule has 1 aromatic heterocycles. The summed E-state index contributed by atoms with van der Waals surface area (Å²) < 4.78 is 12.7. The van der Waals surface area contributed by atoms with Crippen LogP contribution in [0.25, 0.3) is 10.9 Å². The summed E-state index contributed by atoms with van der Waals surface area (Å²) in [5, 5.41) is 1.37. The highest BCUT2D eigenvalue weighted by atomic mass is 35.5. The van der Waals surface area contributed by atoms with Gasteiger partial charge in [-0.05, 0) is 106 Å². The van der Waals surface area contributed by atoms with Crippen LogP contribution in [0, 0.1) is 6.92 Å². The van der Waals surface area contributed by atoms with Crippen molar-refractivity contribution in [3.05, 3.63) is 101 Å². The van der Waals surface area contributed by atoms with E-state index in [1.807, 2.05) is 25.1 Å². The zero-order valence-corrected chi connectivity index (χ0v) is 26.7. The van der Waals surface area contributed by atoms with Crippen LogP contribution in [0.15, 0.2) is 78.9 Å². The van der Waals surface area contributed by atoms with Crippen molar-refractivity contribution in [3.8, 4) is 5.75 Å². The van der Waals surface area contributed by atoms with Crippen LogP contribution in [0.5, 0.6) is 5.75 Å². The van der Waals surface area contributed by atoms with Crippen LogP contribution in [0.1, 0.15) is 92.7 Å². The fraction of sp³-hybridized carbons (Fsp3) is 0.405. The molecule has 5 nitrogen and oxygen atoms in total. The number of fused-ring (bicyclic) bond motifs is 1. The van der Waals surface area contributed by atoms with E-state index in [2.05, 4.69) is 43.4 Å². The first-order chi connectivity index (χ1) is 21.0. The van der Waals surface area contributed by atoms with Crippen LogP contribution >= 0.6 is 11.6 Å². The molecule has 0 amide bonds. The van der Waals surface area contributed by atoms with Gasteiger partial charge in [-0.25, -0.2) is 0 Å². The predicted octanol–water partition coefficient (Wildman–Crippen LogP) is 9.98. The monoisotopic (exact) mass is 603 g/mol. The zero-order valence-electron chi connectivity index (χ0n) is 25.9. The number of allylic oxidation sites excluding steroid dienone is 6. The molecule has 0 unspecified atom stereocenters. The first-order valence-corrected chi connectivity index (χ1v) is 15.9. The lowest BCUT2D eigenvalue weighted by Gasteiger charge is -2.08. The third-order valence-electron chi connectivity index (χ3n) is 7.45. The molecule has 0 bridgehead atoms. The largest absolute Gasteiger partial charge is 0.497 e. The van der Waals surface area contributed by atoms with Gasteiger partial charge < -0.3 is 9.47 Å². The lowest BCUT2D eigenvalue weighted by molar-refractivity contribution is -0.142. The van der Waals surface area contributed by atoms with Crippen molar-refractivity contribution in [2.45, 2.75) is 84.5 Å². The number of benzene rings is 2. The number of halogens is 1. The number of hydrogen-bond acceptors (Lipinski definition) is 4. The molecule has 0 N–H and O–H groups in total. The van der Waals surface area contributed by atoms with E-state index in [4.69, 9.17) is 21.1 Å². The summed E-state index contributed by atoms with van der Waals surface area (Å²) in [6.45, 7) is 4.48. The molecule has 0 radical (unpaired) electrons. The van der Waals surface area contributed by atoms with Gasteiger partial charge in [-0.15, -0.1) is 0 Å². The van der Waals surface area contributed by atoms with Crippen LogP contribution in [0.3, 0.4) is 0 Å². The molecule has 0 aliphatic carbocycles. The van der Waals surface area contributed by atoms with Gasteiger partial charge in [-0.1, -0.05) is 67.8 Å². The second kappa shape index (κ2) is 18.9. The molecule has 0 aliphatic rings. The third-order valence-corrected chi connectivity index (χ3v) is 7.71. The van der Waals surface area contributed by atoms with Gasteiger partial charge >= 0.3 is 5.97 Å². The smallest absolute Gasteiger partial charge is 0.310 e. The van der Waals surface area contributed by atoms with Gasteiger partial charge in [0.05, 0.1) is 25.7 Å².